The van der Waals surface area contributed by atoms with E-state index in [2.05, 4.69) is 31.0 Å². The quantitative estimate of drug-likeness (QED) is 0.624. The third-order valence-electron chi connectivity index (χ3n) is 1.58. The molecule has 0 atom stereocenters. The molecule has 0 fully saturated rings. The first-order valence-corrected chi connectivity index (χ1v) is 4.50. The molecule has 1 rings (SSSR count). The fraction of sp³-hybridized carbons (Fsp3) is 0.200. The highest BCUT2D eigenvalue weighted by Gasteiger charge is 2.00. The first-order chi connectivity index (χ1) is 5.29. The van der Waals surface area contributed by atoms with Gasteiger partial charge >= 0.3 is 0 Å². The Kier molecular flexibility index (Phi) is 2.66. The predicted molar refractivity (Wildman–Crippen MR) is 53.9 cm³/mol. The van der Waals surface area contributed by atoms with Gasteiger partial charge in [0.1, 0.15) is 0 Å². The van der Waals surface area contributed by atoms with E-state index in [-0.39, 0.29) is 0 Å². The zero-order valence-electron chi connectivity index (χ0n) is 6.92. The van der Waals surface area contributed by atoms with Crippen LogP contribution in [0.2, 0.25) is 0 Å². The molecule has 0 aromatic carbocycles. The molecule has 0 N–H and O–H groups in total. The summed E-state index contributed by atoms with van der Waals surface area (Å²) in [6.07, 6.45) is 6.09. The molecule has 1 heteroatoms. The largest absolute Gasteiger partial charge is 0.144 e. The Morgan fingerprint density at radius 1 is 1.55 bits per heavy atom. The summed E-state index contributed by atoms with van der Waals surface area (Å²) in [4.78, 5) is 1.31. The third-order valence-corrected chi connectivity index (χ3v) is 2.66. The van der Waals surface area contributed by atoms with E-state index in [9.17, 15) is 0 Å². The molecule has 0 nitrogen and oxygen atoms in total. The molecule has 1 heterocycles. The fourth-order valence-electron chi connectivity index (χ4n) is 1.02. The van der Waals surface area contributed by atoms with E-state index in [1.54, 1.807) is 11.3 Å². The highest BCUT2D eigenvalue weighted by atomic mass is 32.1. The summed E-state index contributed by atoms with van der Waals surface area (Å²) in [6, 6.07) is 0. The third kappa shape index (κ3) is 1.60. The summed E-state index contributed by atoms with van der Waals surface area (Å²) in [6.45, 7) is 7.92. The molecule has 1 aromatic heterocycles. The van der Waals surface area contributed by atoms with Crippen molar-refractivity contribution in [1.82, 2.24) is 0 Å². The number of rotatable bonds is 2. The zero-order valence-corrected chi connectivity index (χ0v) is 7.74. The summed E-state index contributed by atoms with van der Waals surface area (Å²) >= 11 is 1.77. The van der Waals surface area contributed by atoms with E-state index in [1.807, 2.05) is 13.0 Å². The van der Waals surface area contributed by atoms with Crippen molar-refractivity contribution in [2.45, 2.75) is 13.8 Å². The Bertz CT molecular complexity index is 279. The number of aryl methyl sites for hydroxylation is 1. The SMILES string of the molecule is C=Cc1c(C)csc1/C=C\C. The van der Waals surface area contributed by atoms with E-state index < -0.39 is 0 Å². The molecule has 0 unspecified atom stereocenters. The van der Waals surface area contributed by atoms with Crippen LogP contribution in [0.1, 0.15) is 22.9 Å². The maximum Gasteiger partial charge on any atom is 0.0341 e. The van der Waals surface area contributed by atoms with Crippen LogP contribution in [0.4, 0.5) is 0 Å². The molecule has 0 saturated carbocycles. The number of hydrogen-bond donors (Lipinski definition) is 0. The van der Waals surface area contributed by atoms with Gasteiger partial charge in [-0.1, -0.05) is 18.7 Å². The summed E-state index contributed by atoms with van der Waals surface area (Å²) in [7, 11) is 0. The average Bonchev–Trinajstić information content (AvgIpc) is 2.33. The smallest absolute Gasteiger partial charge is 0.0341 e. The Morgan fingerprint density at radius 3 is 2.82 bits per heavy atom. The second-order valence-corrected chi connectivity index (χ2v) is 3.31. The molecule has 0 amide bonds. The van der Waals surface area contributed by atoms with Crippen molar-refractivity contribution in [2.24, 2.45) is 0 Å². The van der Waals surface area contributed by atoms with Gasteiger partial charge in [0, 0.05) is 4.88 Å². The van der Waals surface area contributed by atoms with Crippen LogP contribution in [0.15, 0.2) is 18.0 Å². The molecule has 11 heavy (non-hydrogen) atoms. The Balaban J connectivity index is 3.15. The standard InChI is InChI=1S/C10H12S/c1-4-6-10-9(5-2)8(3)7-11-10/h4-7H,2H2,1,3H3/b6-4-. The molecular formula is C10H12S. The van der Waals surface area contributed by atoms with Crippen LogP contribution >= 0.6 is 11.3 Å². The lowest BCUT2D eigenvalue weighted by Crippen LogP contribution is -1.72. The van der Waals surface area contributed by atoms with Gasteiger partial charge in [-0.25, -0.2) is 0 Å². The Hall–Kier alpha value is -0.820. The Labute approximate surface area is 71.9 Å². The average molecular weight is 164 g/mol. The molecule has 0 aliphatic heterocycles. The summed E-state index contributed by atoms with van der Waals surface area (Å²) in [5, 5.41) is 2.16. The number of hydrogen-bond acceptors (Lipinski definition) is 1. The normalized spacial score (nSPS) is 10.7. The van der Waals surface area contributed by atoms with Gasteiger partial charge in [-0.15, -0.1) is 11.3 Å². The van der Waals surface area contributed by atoms with Crippen molar-refractivity contribution in [2.75, 3.05) is 0 Å². The zero-order chi connectivity index (χ0) is 8.27. The number of thiophene rings is 1. The molecule has 0 bridgehead atoms. The maximum absolute atomic E-state index is 3.78. The van der Waals surface area contributed by atoms with Gasteiger partial charge in [0.05, 0.1) is 0 Å². The monoisotopic (exact) mass is 164 g/mol. The minimum Gasteiger partial charge on any atom is -0.144 e. The molecule has 58 valence electrons. The van der Waals surface area contributed by atoms with Gasteiger partial charge in [-0.2, -0.15) is 0 Å². The van der Waals surface area contributed by atoms with Crippen LogP contribution in [0, 0.1) is 6.92 Å². The molecule has 0 spiro atoms. The minimum atomic E-state index is 1.27. The van der Waals surface area contributed by atoms with Gasteiger partial charge in [0.15, 0.2) is 0 Å². The molecular weight excluding hydrogens is 152 g/mol. The van der Waals surface area contributed by atoms with Crippen LogP contribution in [-0.4, -0.2) is 0 Å². The van der Waals surface area contributed by atoms with Crippen LogP contribution in [0.5, 0.6) is 0 Å². The van der Waals surface area contributed by atoms with E-state index in [0.29, 0.717) is 0 Å². The maximum atomic E-state index is 3.78. The first kappa shape index (κ1) is 8.28. The Morgan fingerprint density at radius 2 is 2.27 bits per heavy atom. The predicted octanol–water partition coefficient (Wildman–Crippen LogP) is 3.73. The lowest BCUT2D eigenvalue weighted by atomic mass is 10.1. The van der Waals surface area contributed by atoms with Gasteiger partial charge in [0.25, 0.3) is 0 Å². The van der Waals surface area contributed by atoms with Gasteiger partial charge in [0.2, 0.25) is 0 Å². The van der Waals surface area contributed by atoms with Crippen molar-refractivity contribution >= 4 is 23.5 Å². The highest BCUT2D eigenvalue weighted by Crippen LogP contribution is 2.24. The molecule has 0 aliphatic rings. The van der Waals surface area contributed by atoms with Crippen LogP contribution in [-0.2, 0) is 0 Å². The van der Waals surface area contributed by atoms with Crippen molar-refractivity contribution in [3.8, 4) is 0 Å². The van der Waals surface area contributed by atoms with Gasteiger partial charge in [-0.3, -0.25) is 0 Å². The molecule has 0 saturated heterocycles. The van der Waals surface area contributed by atoms with Crippen LogP contribution in [0.25, 0.3) is 12.2 Å². The lowest BCUT2D eigenvalue weighted by molar-refractivity contribution is 1.52. The fourth-order valence-corrected chi connectivity index (χ4v) is 2.03. The molecule has 1 aromatic rings. The highest BCUT2D eigenvalue weighted by molar-refractivity contribution is 7.11. The second-order valence-electron chi connectivity index (χ2n) is 2.40. The van der Waals surface area contributed by atoms with E-state index in [4.69, 9.17) is 0 Å². The topological polar surface area (TPSA) is 0 Å². The minimum absolute atomic E-state index is 1.27. The van der Waals surface area contributed by atoms with Crippen molar-refractivity contribution in [1.29, 1.82) is 0 Å². The van der Waals surface area contributed by atoms with Crippen molar-refractivity contribution < 1.29 is 0 Å². The second kappa shape index (κ2) is 3.54. The van der Waals surface area contributed by atoms with Crippen LogP contribution < -0.4 is 0 Å². The molecule has 0 radical (unpaired) electrons. The van der Waals surface area contributed by atoms with Gasteiger partial charge < -0.3 is 0 Å². The van der Waals surface area contributed by atoms with Crippen molar-refractivity contribution in [3.63, 3.8) is 0 Å². The van der Waals surface area contributed by atoms with E-state index >= 15 is 0 Å². The number of allylic oxidation sites excluding steroid dienone is 1. The molecule has 0 aliphatic carbocycles. The van der Waals surface area contributed by atoms with Crippen molar-refractivity contribution in [3.05, 3.63) is 34.0 Å². The van der Waals surface area contributed by atoms with Crippen LogP contribution in [0.3, 0.4) is 0 Å². The first-order valence-electron chi connectivity index (χ1n) is 3.62. The lowest BCUT2D eigenvalue weighted by Gasteiger charge is -1.91. The summed E-state index contributed by atoms with van der Waals surface area (Å²) < 4.78 is 0. The van der Waals surface area contributed by atoms with Gasteiger partial charge in [-0.05, 0) is 36.4 Å². The van der Waals surface area contributed by atoms with E-state index in [1.165, 1.54) is 16.0 Å². The summed E-state index contributed by atoms with van der Waals surface area (Å²) in [5.41, 5.74) is 2.59. The summed E-state index contributed by atoms with van der Waals surface area (Å²) in [5.74, 6) is 0. The van der Waals surface area contributed by atoms with E-state index in [0.717, 1.165) is 0 Å².